The van der Waals surface area contributed by atoms with E-state index in [-0.39, 0.29) is 0 Å². The van der Waals surface area contributed by atoms with Crippen molar-refractivity contribution in [3.05, 3.63) is 35.8 Å². The third-order valence-electron chi connectivity index (χ3n) is 1.89. The normalized spacial score (nSPS) is 16.8. The van der Waals surface area contributed by atoms with Gasteiger partial charge in [0.15, 0.2) is 0 Å². The number of aromatic nitrogens is 2. The summed E-state index contributed by atoms with van der Waals surface area (Å²) in [4.78, 5) is 4.25. The van der Waals surface area contributed by atoms with Crippen LogP contribution in [0.25, 0.3) is 0 Å². The van der Waals surface area contributed by atoms with Crippen molar-refractivity contribution >= 4 is 8.35 Å². The maximum absolute atomic E-state index is 4.25. The summed E-state index contributed by atoms with van der Waals surface area (Å²) >= 11 is 0. The second kappa shape index (κ2) is 3.68. The van der Waals surface area contributed by atoms with Gasteiger partial charge in [-0.15, -0.1) is 0 Å². The Kier molecular flexibility index (Phi) is 2.38. The highest BCUT2D eigenvalue weighted by atomic mass is 31.0. The van der Waals surface area contributed by atoms with Crippen molar-refractivity contribution in [1.82, 2.24) is 9.54 Å². The smallest absolute Gasteiger partial charge is 0.0659 e. The van der Waals surface area contributed by atoms with E-state index in [1.807, 2.05) is 16.7 Å². The fourth-order valence-electron chi connectivity index (χ4n) is 1.29. The zero-order valence-corrected chi connectivity index (χ0v) is 7.74. The minimum Gasteiger partial charge on any atom is -0.264 e. The van der Waals surface area contributed by atoms with E-state index in [9.17, 15) is 0 Å². The van der Waals surface area contributed by atoms with E-state index >= 15 is 0 Å². The summed E-state index contributed by atoms with van der Waals surface area (Å²) in [7, 11) is 1.06. The molecule has 0 spiro atoms. The summed E-state index contributed by atoms with van der Waals surface area (Å²) in [5.74, 6) is 2.05. The molecule has 0 N–H and O–H groups in total. The van der Waals surface area contributed by atoms with Crippen molar-refractivity contribution in [2.75, 3.05) is 0 Å². The van der Waals surface area contributed by atoms with Gasteiger partial charge in [-0.25, -0.2) is 0 Å². The topological polar surface area (TPSA) is 17.8 Å². The van der Waals surface area contributed by atoms with Gasteiger partial charge < -0.3 is 0 Å². The number of hydrogen-bond acceptors (Lipinski definition) is 1. The molecule has 0 bridgehead atoms. The predicted molar refractivity (Wildman–Crippen MR) is 51.2 cm³/mol. The summed E-state index contributed by atoms with van der Waals surface area (Å²) in [5, 5.41) is 0. The summed E-state index contributed by atoms with van der Waals surface area (Å²) in [5.41, 5.74) is 1.38. The maximum atomic E-state index is 4.25. The Morgan fingerprint density at radius 1 is 1.50 bits per heavy atom. The molecule has 1 heterocycles. The van der Waals surface area contributed by atoms with E-state index in [2.05, 4.69) is 23.1 Å². The number of allylic oxidation sites excluding steroid dienone is 4. The molecule has 0 radical (unpaired) electrons. The molecule has 2 nitrogen and oxygen atoms in total. The molecule has 0 fully saturated rings. The van der Waals surface area contributed by atoms with Gasteiger partial charge in [0.2, 0.25) is 0 Å². The average Bonchev–Trinajstić information content (AvgIpc) is 2.59. The van der Waals surface area contributed by atoms with Crippen LogP contribution in [0.3, 0.4) is 0 Å². The zero-order chi connectivity index (χ0) is 8.23. The van der Waals surface area contributed by atoms with Gasteiger partial charge in [-0.3, -0.25) is 4.68 Å². The molecule has 1 aliphatic carbocycles. The third kappa shape index (κ3) is 1.83. The van der Waals surface area contributed by atoms with Crippen molar-refractivity contribution in [3.63, 3.8) is 0 Å². The summed E-state index contributed by atoms with van der Waals surface area (Å²) in [6.07, 6.45) is 11.1. The van der Waals surface area contributed by atoms with Crippen LogP contribution in [0.5, 0.6) is 0 Å². The van der Waals surface area contributed by atoms with Gasteiger partial charge in [-0.2, -0.15) is 4.86 Å². The highest BCUT2D eigenvalue weighted by Gasteiger charge is 1.97. The van der Waals surface area contributed by atoms with Gasteiger partial charge in [-0.05, 0) is 18.4 Å². The highest BCUT2D eigenvalue weighted by molar-refractivity contribution is 7.24. The highest BCUT2D eigenvalue weighted by Crippen LogP contribution is 2.11. The Balaban J connectivity index is 2.04. The minimum absolute atomic E-state index is 0.931. The quantitative estimate of drug-likeness (QED) is 0.680. The molecule has 62 valence electrons. The molecule has 0 aliphatic heterocycles. The zero-order valence-electron chi connectivity index (χ0n) is 6.85. The lowest BCUT2D eigenvalue weighted by molar-refractivity contribution is 0.699. The van der Waals surface area contributed by atoms with Crippen LogP contribution in [-0.2, 0) is 6.54 Å². The molecular formula is C9H11N2P. The van der Waals surface area contributed by atoms with Crippen LogP contribution in [0, 0.1) is 0 Å². The van der Waals surface area contributed by atoms with Gasteiger partial charge in [0, 0.05) is 12.0 Å². The maximum Gasteiger partial charge on any atom is 0.0659 e. The van der Waals surface area contributed by atoms with Gasteiger partial charge in [-0.1, -0.05) is 18.2 Å². The van der Waals surface area contributed by atoms with Crippen LogP contribution < -0.4 is 0 Å². The lowest BCUT2D eigenvalue weighted by Gasteiger charge is -2.05. The van der Waals surface area contributed by atoms with E-state index in [0.717, 1.165) is 14.9 Å². The molecule has 1 aromatic rings. The van der Waals surface area contributed by atoms with Gasteiger partial charge in [0.05, 0.1) is 14.9 Å². The van der Waals surface area contributed by atoms with Gasteiger partial charge in [0.25, 0.3) is 0 Å². The summed E-state index contributed by atoms with van der Waals surface area (Å²) in [6, 6.07) is 0. The fourth-order valence-corrected chi connectivity index (χ4v) is 1.82. The van der Waals surface area contributed by atoms with E-state index in [0.29, 0.717) is 0 Å². The SMILES string of the molecule is C1=CC(Cn2ccpn2)=CCC1. The molecule has 1 aromatic heterocycles. The molecule has 1 aliphatic rings. The Morgan fingerprint density at radius 3 is 3.17 bits per heavy atom. The van der Waals surface area contributed by atoms with Crippen LogP contribution >= 0.6 is 8.35 Å². The molecule has 0 saturated heterocycles. The van der Waals surface area contributed by atoms with E-state index in [4.69, 9.17) is 0 Å². The van der Waals surface area contributed by atoms with Crippen LogP contribution in [0.2, 0.25) is 0 Å². The van der Waals surface area contributed by atoms with E-state index in [1.165, 1.54) is 18.4 Å². The Hall–Kier alpha value is -0.880. The Bertz CT molecular complexity index is 298. The number of rotatable bonds is 2. The number of nitrogens with zero attached hydrogens (tertiary/aromatic N) is 2. The Labute approximate surface area is 73.8 Å². The molecule has 2 rings (SSSR count). The second-order valence-electron chi connectivity index (χ2n) is 2.86. The first-order chi connectivity index (χ1) is 5.95. The first-order valence-corrected chi connectivity index (χ1v) is 5.06. The molecule has 0 amide bonds. The summed E-state index contributed by atoms with van der Waals surface area (Å²) in [6.45, 7) is 0.931. The molecule has 12 heavy (non-hydrogen) atoms. The largest absolute Gasteiger partial charge is 0.264 e. The van der Waals surface area contributed by atoms with Gasteiger partial charge in [0.1, 0.15) is 0 Å². The molecule has 3 heteroatoms. The van der Waals surface area contributed by atoms with Crippen LogP contribution in [0.4, 0.5) is 0 Å². The van der Waals surface area contributed by atoms with Crippen molar-refractivity contribution in [2.24, 2.45) is 0 Å². The first-order valence-electron chi connectivity index (χ1n) is 4.15. The molecule has 0 atom stereocenters. The molecule has 0 aromatic carbocycles. The van der Waals surface area contributed by atoms with Gasteiger partial charge >= 0.3 is 0 Å². The van der Waals surface area contributed by atoms with Crippen LogP contribution in [-0.4, -0.2) is 9.54 Å². The standard InChI is InChI=1S/C9H11N2P/c1-2-4-9(5-3-1)8-11-6-7-12-10-11/h2,4-7H,1,3,8H2. The van der Waals surface area contributed by atoms with Crippen molar-refractivity contribution in [3.8, 4) is 0 Å². The van der Waals surface area contributed by atoms with Crippen molar-refractivity contribution in [1.29, 1.82) is 0 Å². The van der Waals surface area contributed by atoms with Crippen LogP contribution in [0.1, 0.15) is 12.8 Å². The summed E-state index contributed by atoms with van der Waals surface area (Å²) < 4.78 is 1.99. The lowest BCUT2D eigenvalue weighted by Crippen LogP contribution is -2.00. The van der Waals surface area contributed by atoms with Crippen molar-refractivity contribution < 1.29 is 0 Å². The average molecular weight is 178 g/mol. The Morgan fingerprint density at radius 2 is 2.50 bits per heavy atom. The minimum atomic E-state index is 0.931. The lowest BCUT2D eigenvalue weighted by atomic mass is 10.1. The number of hydrogen-bond donors (Lipinski definition) is 0. The fraction of sp³-hybridized carbons (Fsp3) is 0.333. The molecule has 0 unspecified atom stereocenters. The van der Waals surface area contributed by atoms with Crippen LogP contribution in [0.15, 0.2) is 35.8 Å². The van der Waals surface area contributed by atoms with E-state index in [1.54, 1.807) is 0 Å². The first kappa shape index (κ1) is 7.75. The molecule has 0 saturated carbocycles. The predicted octanol–water partition coefficient (Wildman–Crippen LogP) is 2.74. The second-order valence-corrected chi connectivity index (χ2v) is 3.57. The third-order valence-corrected chi connectivity index (χ3v) is 2.49. The van der Waals surface area contributed by atoms with E-state index < -0.39 is 0 Å². The van der Waals surface area contributed by atoms with Crippen molar-refractivity contribution in [2.45, 2.75) is 19.4 Å². The monoisotopic (exact) mass is 178 g/mol. The molecular weight excluding hydrogens is 167 g/mol.